The van der Waals surface area contributed by atoms with Crippen molar-refractivity contribution in [3.8, 4) is 0 Å². The third-order valence-electron chi connectivity index (χ3n) is 4.49. The quantitative estimate of drug-likeness (QED) is 0.425. The number of carbonyl (C=O) groups is 2. The summed E-state index contributed by atoms with van der Waals surface area (Å²) in [6, 6.07) is -0.766. The van der Waals surface area contributed by atoms with Gasteiger partial charge in [0, 0.05) is 12.4 Å². The lowest BCUT2D eigenvalue weighted by Crippen LogP contribution is -2.49. The molecule has 2 radical (unpaired) electrons. The summed E-state index contributed by atoms with van der Waals surface area (Å²) in [5.41, 5.74) is 0. The Kier molecular flexibility index (Phi) is 7.00. The van der Waals surface area contributed by atoms with Crippen molar-refractivity contribution in [2.45, 2.75) is 76.1 Å². The zero-order valence-electron chi connectivity index (χ0n) is 14.6. The molecule has 0 aromatic heterocycles. The Morgan fingerprint density at radius 2 is 2.00 bits per heavy atom. The fourth-order valence-electron chi connectivity index (χ4n) is 1.98. The van der Waals surface area contributed by atoms with Crippen molar-refractivity contribution in [3.05, 3.63) is 0 Å². The van der Waals surface area contributed by atoms with Gasteiger partial charge in [0.05, 0.1) is 12.5 Å². The Morgan fingerprint density at radius 1 is 1.39 bits per heavy atom. The fraction of sp³-hybridized carbons (Fsp3) is 0.867. The zero-order valence-corrected chi connectivity index (χ0v) is 15.6. The summed E-state index contributed by atoms with van der Waals surface area (Å²) >= 11 is 0. The molecular formula is C15H27BO6Si. The molecule has 0 aromatic rings. The molecule has 1 aliphatic heterocycles. The van der Waals surface area contributed by atoms with E-state index < -0.39 is 38.6 Å². The maximum absolute atomic E-state index is 11.4. The van der Waals surface area contributed by atoms with E-state index in [4.69, 9.17) is 21.7 Å². The van der Waals surface area contributed by atoms with Gasteiger partial charge in [-0.2, -0.15) is 0 Å². The van der Waals surface area contributed by atoms with Crippen LogP contribution in [0.3, 0.4) is 0 Å². The highest BCUT2D eigenvalue weighted by atomic mass is 28.4. The summed E-state index contributed by atoms with van der Waals surface area (Å²) < 4.78 is 16.6. The summed E-state index contributed by atoms with van der Waals surface area (Å²) in [5.74, 6) is -0.504. The first-order chi connectivity index (χ1) is 10.5. The number of aliphatic hydroxyl groups is 1. The van der Waals surface area contributed by atoms with E-state index >= 15 is 0 Å². The molecule has 6 nitrogen and oxygen atoms in total. The van der Waals surface area contributed by atoms with Crippen molar-refractivity contribution in [1.82, 2.24) is 0 Å². The largest absolute Gasteiger partial charge is 0.463 e. The molecule has 130 valence electrons. The van der Waals surface area contributed by atoms with Crippen molar-refractivity contribution < 1.29 is 28.6 Å². The molecule has 8 heteroatoms. The topological polar surface area (TPSA) is 82.1 Å². The highest BCUT2D eigenvalue weighted by Gasteiger charge is 2.47. The van der Waals surface area contributed by atoms with Crippen LogP contribution in [0.4, 0.5) is 0 Å². The molecule has 1 rings (SSSR count). The highest BCUT2D eigenvalue weighted by Crippen LogP contribution is 2.39. The van der Waals surface area contributed by atoms with Crippen LogP contribution in [0.25, 0.3) is 0 Å². The Bertz CT molecular complexity index is 423. The van der Waals surface area contributed by atoms with Crippen LogP contribution in [0.2, 0.25) is 18.1 Å². The Morgan fingerprint density at radius 3 is 2.52 bits per heavy atom. The molecule has 0 aromatic carbocycles. The number of hydrogen-bond donors (Lipinski definition) is 1. The van der Waals surface area contributed by atoms with Gasteiger partial charge < -0.3 is 23.8 Å². The van der Waals surface area contributed by atoms with Gasteiger partial charge in [-0.3, -0.25) is 4.79 Å². The predicted octanol–water partition coefficient (Wildman–Crippen LogP) is 1.15. The molecule has 0 amide bonds. The van der Waals surface area contributed by atoms with Crippen LogP contribution < -0.4 is 0 Å². The van der Waals surface area contributed by atoms with Gasteiger partial charge in [-0.1, -0.05) is 20.8 Å². The van der Waals surface area contributed by atoms with Gasteiger partial charge in [-0.05, 0) is 18.1 Å². The van der Waals surface area contributed by atoms with Crippen LogP contribution >= 0.6 is 0 Å². The first-order valence-corrected chi connectivity index (χ1v) is 10.8. The smallest absolute Gasteiger partial charge is 0.306 e. The minimum absolute atomic E-state index is 0.0161. The molecule has 0 saturated carbocycles. The normalized spacial score (nSPS) is 28.6. The molecule has 1 N–H and O–H groups in total. The van der Waals surface area contributed by atoms with E-state index in [0.717, 1.165) is 0 Å². The summed E-state index contributed by atoms with van der Waals surface area (Å²) in [6.45, 7) is 10.3. The summed E-state index contributed by atoms with van der Waals surface area (Å²) in [4.78, 5) is 21.6. The van der Waals surface area contributed by atoms with Crippen molar-refractivity contribution in [2.24, 2.45) is 0 Å². The average Bonchev–Trinajstić information content (AvgIpc) is 2.69. The SMILES string of the molecule is [B][C@@H]1O[C@H](COC(=O)CCC=O)C(O)[C@@H]1O[Si](C)(C)C(C)(C)C. The number of aldehydes is 1. The van der Waals surface area contributed by atoms with Crippen molar-refractivity contribution >= 4 is 28.4 Å². The molecule has 1 aliphatic rings. The highest BCUT2D eigenvalue weighted by molar-refractivity contribution is 6.74. The third kappa shape index (κ3) is 5.41. The molecule has 0 bridgehead atoms. The fourth-order valence-corrected chi connectivity index (χ4v) is 3.29. The van der Waals surface area contributed by atoms with Crippen molar-refractivity contribution in [2.75, 3.05) is 6.61 Å². The summed E-state index contributed by atoms with van der Waals surface area (Å²) in [5, 5.41) is 10.4. The van der Waals surface area contributed by atoms with Gasteiger partial charge in [0.1, 0.15) is 32.9 Å². The number of carbonyl (C=O) groups excluding carboxylic acids is 2. The molecule has 1 fully saturated rings. The van der Waals surface area contributed by atoms with E-state index in [0.29, 0.717) is 6.29 Å². The number of hydrogen-bond acceptors (Lipinski definition) is 6. The standard InChI is InChI=1S/C15H27BO6Si/c1-15(2,3)23(4,5)22-13-12(19)10(21-14(13)16)9-20-11(18)7-6-8-17/h8,10,12-14,19H,6-7,9H2,1-5H3/t10-,12?,13+,14-/m1/s1. The first kappa shape index (κ1) is 20.3. The monoisotopic (exact) mass is 342 g/mol. The van der Waals surface area contributed by atoms with Crippen LogP contribution in [-0.2, 0) is 23.5 Å². The van der Waals surface area contributed by atoms with E-state index in [2.05, 4.69) is 33.9 Å². The molecule has 1 saturated heterocycles. The van der Waals surface area contributed by atoms with Gasteiger partial charge in [-0.25, -0.2) is 0 Å². The van der Waals surface area contributed by atoms with Gasteiger partial charge in [0.25, 0.3) is 0 Å². The van der Waals surface area contributed by atoms with E-state index in [1.54, 1.807) is 0 Å². The molecule has 0 aliphatic carbocycles. The molecule has 1 unspecified atom stereocenters. The van der Waals surface area contributed by atoms with Crippen LogP contribution in [0.5, 0.6) is 0 Å². The summed E-state index contributed by atoms with van der Waals surface area (Å²) in [7, 11) is 3.81. The average molecular weight is 342 g/mol. The van der Waals surface area contributed by atoms with Crippen LogP contribution in [0.15, 0.2) is 0 Å². The maximum Gasteiger partial charge on any atom is 0.306 e. The second kappa shape index (κ2) is 7.92. The Labute approximate surface area is 140 Å². The first-order valence-electron chi connectivity index (χ1n) is 7.86. The van der Waals surface area contributed by atoms with Crippen molar-refractivity contribution in [1.29, 1.82) is 0 Å². The van der Waals surface area contributed by atoms with Gasteiger partial charge in [0.2, 0.25) is 0 Å². The van der Waals surface area contributed by atoms with Crippen molar-refractivity contribution in [3.63, 3.8) is 0 Å². The lowest BCUT2D eigenvalue weighted by molar-refractivity contribution is -0.149. The number of aliphatic hydroxyl groups excluding tert-OH is 1. The molecular weight excluding hydrogens is 315 g/mol. The minimum atomic E-state index is -2.11. The van der Waals surface area contributed by atoms with E-state index in [1.165, 1.54) is 0 Å². The van der Waals surface area contributed by atoms with Crippen LogP contribution in [-0.4, -0.2) is 64.4 Å². The van der Waals surface area contributed by atoms with Gasteiger partial charge >= 0.3 is 5.97 Å². The minimum Gasteiger partial charge on any atom is -0.463 e. The third-order valence-corrected chi connectivity index (χ3v) is 8.96. The van der Waals surface area contributed by atoms with Gasteiger partial charge in [0.15, 0.2) is 8.32 Å². The Hall–Kier alpha value is -0.698. The van der Waals surface area contributed by atoms with Gasteiger partial charge in [-0.15, -0.1) is 0 Å². The number of rotatable bonds is 7. The Balaban J connectivity index is 2.59. The zero-order chi connectivity index (χ0) is 17.8. The second-order valence-electron chi connectivity index (χ2n) is 7.36. The predicted molar refractivity (Wildman–Crippen MR) is 88.7 cm³/mol. The molecule has 23 heavy (non-hydrogen) atoms. The van der Waals surface area contributed by atoms with E-state index in [1.807, 2.05) is 0 Å². The molecule has 0 spiro atoms. The summed E-state index contributed by atoms with van der Waals surface area (Å²) in [6.07, 6.45) is -1.54. The maximum atomic E-state index is 11.4. The van der Waals surface area contributed by atoms with Crippen LogP contribution in [0, 0.1) is 0 Å². The van der Waals surface area contributed by atoms with E-state index in [9.17, 15) is 14.7 Å². The molecule has 1 heterocycles. The lowest BCUT2D eigenvalue weighted by Gasteiger charge is -2.39. The van der Waals surface area contributed by atoms with Crippen LogP contribution in [0.1, 0.15) is 33.6 Å². The lowest BCUT2D eigenvalue weighted by atomic mass is 9.93. The van der Waals surface area contributed by atoms with E-state index in [-0.39, 0.29) is 24.5 Å². The molecule has 4 atom stereocenters. The second-order valence-corrected chi connectivity index (χ2v) is 12.1. The number of esters is 1. The number of ether oxygens (including phenoxy) is 2.